The summed E-state index contributed by atoms with van der Waals surface area (Å²) in [6.07, 6.45) is -2.74. The largest absolute Gasteiger partial charge is 0.465 e. The summed E-state index contributed by atoms with van der Waals surface area (Å²) >= 11 is 16.0. The summed E-state index contributed by atoms with van der Waals surface area (Å²) in [5.41, 5.74) is 0. The number of hydrogen-bond donors (Lipinski definition) is 1. The number of halogens is 3. The van der Waals surface area contributed by atoms with E-state index in [1.165, 1.54) is 0 Å². The van der Waals surface area contributed by atoms with Gasteiger partial charge in [0.1, 0.15) is 6.61 Å². The van der Waals surface area contributed by atoms with Crippen molar-refractivity contribution >= 4 is 52.8 Å². The molecule has 0 radical (unpaired) electrons. The summed E-state index contributed by atoms with van der Waals surface area (Å²) in [6, 6.07) is 0. The van der Waals surface area contributed by atoms with Crippen molar-refractivity contribution in [1.82, 2.24) is 5.32 Å². The Kier molecular flexibility index (Phi) is 7.12. The fraction of sp³-hybridized carbons (Fsp3) is 0.625. The van der Waals surface area contributed by atoms with Gasteiger partial charge in [-0.05, 0) is 0 Å². The third-order valence-corrected chi connectivity index (χ3v) is 1.64. The van der Waals surface area contributed by atoms with Crippen LogP contribution >= 0.6 is 34.8 Å². The van der Waals surface area contributed by atoms with Crippen molar-refractivity contribution < 1.29 is 28.6 Å². The Hall–Kier alpha value is -0.920. The third-order valence-electron chi connectivity index (χ3n) is 1.31. The first kappa shape index (κ1) is 17.1. The van der Waals surface area contributed by atoms with Crippen LogP contribution < -0.4 is 5.32 Å². The first-order valence-corrected chi connectivity index (χ1v) is 5.54. The van der Waals surface area contributed by atoms with E-state index in [-0.39, 0.29) is 0 Å². The van der Waals surface area contributed by atoms with Crippen LogP contribution in [0.3, 0.4) is 0 Å². The molecule has 7 nitrogen and oxygen atoms in total. The molecule has 0 aliphatic rings. The fourth-order valence-corrected chi connectivity index (χ4v) is 0.869. The Balaban J connectivity index is 4.35. The van der Waals surface area contributed by atoms with Gasteiger partial charge in [0, 0.05) is 6.92 Å². The van der Waals surface area contributed by atoms with E-state index in [9.17, 15) is 14.4 Å². The number of rotatable bonds is 4. The zero-order valence-corrected chi connectivity index (χ0v) is 11.6. The molecule has 1 unspecified atom stereocenters. The minimum absolute atomic E-state index is 0.544. The average Bonchev–Trinajstić information content (AvgIpc) is 2.22. The van der Waals surface area contributed by atoms with E-state index < -0.39 is 34.7 Å². The van der Waals surface area contributed by atoms with E-state index >= 15 is 0 Å². The minimum Gasteiger partial charge on any atom is -0.465 e. The predicted molar refractivity (Wildman–Crippen MR) is 62.3 cm³/mol. The molecule has 0 heterocycles. The number of alkyl halides is 3. The standard InChI is InChI=1S/C8H10Cl3NO6/c1-4(13)18-5(6(14)16-2)12-7(15)17-3-8(9,10)11/h5H,3H2,1-2H3,(H,12,15). The molecular formula is C8H10Cl3NO6. The van der Waals surface area contributed by atoms with E-state index in [1.54, 1.807) is 0 Å². The van der Waals surface area contributed by atoms with E-state index in [2.05, 4.69) is 14.2 Å². The SMILES string of the molecule is COC(=O)C(NC(=O)OCC(Cl)(Cl)Cl)OC(C)=O. The Morgan fingerprint density at radius 2 is 1.83 bits per heavy atom. The highest BCUT2D eigenvalue weighted by atomic mass is 35.6. The van der Waals surface area contributed by atoms with Gasteiger partial charge in [-0.15, -0.1) is 0 Å². The highest BCUT2D eigenvalue weighted by molar-refractivity contribution is 6.67. The van der Waals surface area contributed by atoms with Gasteiger partial charge < -0.3 is 14.2 Å². The maximum Gasteiger partial charge on any atom is 0.410 e. The number of hydrogen-bond acceptors (Lipinski definition) is 6. The van der Waals surface area contributed by atoms with E-state index in [4.69, 9.17) is 34.8 Å². The number of ether oxygens (including phenoxy) is 3. The molecule has 0 aromatic rings. The smallest absolute Gasteiger partial charge is 0.410 e. The van der Waals surface area contributed by atoms with Crippen molar-refractivity contribution in [3.63, 3.8) is 0 Å². The third kappa shape index (κ3) is 8.21. The minimum atomic E-state index is -1.79. The lowest BCUT2D eigenvalue weighted by Gasteiger charge is -2.17. The first-order valence-electron chi connectivity index (χ1n) is 4.41. The summed E-state index contributed by atoms with van der Waals surface area (Å²) in [7, 11) is 1.05. The summed E-state index contributed by atoms with van der Waals surface area (Å²) in [6.45, 7) is 0.502. The highest BCUT2D eigenvalue weighted by Crippen LogP contribution is 2.25. The van der Waals surface area contributed by atoms with Crippen molar-refractivity contribution in [2.24, 2.45) is 0 Å². The molecule has 0 aromatic heterocycles. The van der Waals surface area contributed by atoms with Gasteiger partial charge in [-0.3, -0.25) is 10.1 Å². The van der Waals surface area contributed by atoms with Gasteiger partial charge in [0.25, 0.3) is 6.23 Å². The van der Waals surface area contributed by atoms with E-state index in [1.807, 2.05) is 5.32 Å². The lowest BCUT2D eigenvalue weighted by molar-refractivity contribution is -0.166. The Bertz CT molecular complexity index is 329. The van der Waals surface area contributed by atoms with Crippen molar-refractivity contribution in [3.05, 3.63) is 0 Å². The van der Waals surface area contributed by atoms with Gasteiger partial charge >= 0.3 is 18.0 Å². The molecule has 104 valence electrons. The summed E-state index contributed by atoms with van der Waals surface area (Å²) in [4.78, 5) is 33.0. The molecule has 10 heteroatoms. The number of alkyl carbamates (subject to hydrolysis) is 1. The molecule has 0 bridgehead atoms. The number of nitrogens with one attached hydrogen (secondary N) is 1. The first-order chi connectivity index (χ1) is 8.15. The summed E-state index contributed by atoms with van der Waals surface area (Å²) in [5, 5.41) is 1.92. The zero-order chi connectivity index (χ0) is 14.3. The van der Waals surface area contributed by atoms with Gasteiger partial charge in [-0.2, -0.15) is 0 Å². The maximum atomic E-state index is 11.2. The number of carbonyl (C=O) groups excluding carboxylic acids is 3. The molecular weight excluding hydrogens is 312 g/mol. The molecule has 18 heavy (non-hydrogen) atoms. The van der Waals surface area contributed by atoms with Crippen molar-refractivity contribution in [2.45, 2.75) is 16.9 Å². The van der Waals surface area contributed by atoms with Crippen LogP contribution in [0, 0.1) is 0 Å². The van der Waals surface area contributed by atoms with Crippen LogP contribution in [-0.2, 0) is 23.8 Å². The molecule has 1 atom stereocenters. The predicted octanol–water partition coefficient (Wildman–Crippen LogP) is 1.14. The number of esters is 2. The quantitative estimate of drug-likeness (QED) is 0.361. The Morgan fingerprint density at radius 1 is 1.28 bits per heavy atom. The number of amides is 1. The second-order valence-corrected chi connectivity index (χ2v) is 5.36. The van der Waals surface area contributed by atoms with E-state index in [0.29, 0.717) is 0 Å². The molecule has 0 saturated carbocycles. The lowest BCUT2D eigenvalue weighted by atomic mass is 10.5. The Labute approximate surface area is 118 Å². The summed E-state index contributed by atoms with van der Waals surface area (Å²) in [5.74, 6) is -1.79. The second kappa shape index (κ2) is 7.50. The molecule has 0 aliphatic carbocycles. The molecule has 1 amide bonds. The van der Waals surface area contributed by atoms with Gasteiger partial charge in [-0.1, -0.05) is 34.8 Å². The van der Waals surface area contributed by atoms with E-state index in [0.717, 1.165) is 14.0 Å². The van der Waals surface area contributed by atoms with Gasteiger partial charge in [-0.25, -0.2) is 9.59 Å². The highest BCUT2D eigenvalue weighted by Gasteiger charge is 2.27. The number of carbonyl (C=O) groups is 3. The average molecular weight is 323 g/mol. The summed E-state index contributed by atoms with van der Waals surface area (Å²) < 4.78 is 11.5. The zero-order valence-electron chi connectivity index (χ0n) is 9.37. The number of methoxy groups -OCH3 is 1. The van der Waals surface area contributed by atoms with Crippen molar-refractivity contribution in [3.8, 4) is 0 Å². The van der Waals surface area contributed by atoms with Gasteiger partial charge in [0.15, 0.2) is 0 Å². The normalized spacial score (nSPS) is 12.3. The van der Waals surface area contributed by atoms with Crippen LogP contribution in [0.15, 0.2) is 0 Å². The Morgan fingerprint density at radius 3 is 2.22 bits per heavy atom. The van der Waals surface area contributed by atoms with Gasteiger partial charge in [0.05, 0.1) is 7.11 Å². The fourth-order valence-electron chi connectivity index (χ4n) is 0.706. The monoisotopic (exact) mass is 321 g/mol. The van der Waals surface area contributed by atoms with Crippen LogP contribution in [-0.4, -0.2) is 41.8 Å². The van der Waals surface area contributed by atoms with Gasteiger partial charge in [0.2, 0.25) is 3.79 Å². The second-order valence-electron chi connectivity index (χ2n) is 2.85. The molecule has 0 fully saturated rings. The topological polar surface area (TPSA) is 90.9 Å². The molecule has 0 rings (SSSR count). The van der Waals surface area contributed by atoms with Crippen LogP contribution in [0.4, 0.5) is 4.79 Å². The van der Waals surface area contributed by atoms with Crippen LogP contribution in [0.2, 0.25) is 0 Å². The lowest BCUT2D eigenvalue weighted by Crippen LogP contribution is -2.45. The van der Waals surface area contributed by atoms with Crippen molar-refractivity contribution in [2.75, 3.05) is 13.7 Å². The van der Waals surface area contributed by atoms with Crippen LogP contribution in [0.1, 0.15) is 6.92 Å². The molecule has 0 spiro atoms. The molecule has 0 aliphatic heterocycles. The van der Waals surface area contributed by atoms with Crippen LogP contribution in [0.5, 0.6) is 0 Å². The molecule has 1 N–H and O–H groups in total. The molecule has 0 aromatic carbocycles. The molecule has 0 saturated heterocycles. The van der Waals surface area contributed by atoms with Crippen LogP contribution in [0.25, 0.3) is 0 Å². The van der Waals surface area contributed by atoms with Crippen molar-refractivity contribution in [1.29, 1.82) is 0 Å². The maximum absolute atomic E-state index is 11.2.